The predicted octanol–water partition coefficient (Wildman–Crippen LogP) is 2.53. The molecular formula is C15H23NO2. The maximum Gasteiger partial charge on any atom is 0.119 e. The average molecular weight is 249 g/mol. The molecule has 3 nitrogen and oxygen atoms in total. The third kappa shape index (κ3) is 3.72. The summed E-state index contributed by atoms with van der Waals surface area (Å²) in [6, 6.07) is 9.14. The Balaban J connectivity index is 1.66. The lowest BCUT2D eigenvalue weighted by Crippen LogP contribution is -2.49. The first-order valence-electron chi connectivity index (χ1n) is 6.65. The maximum atomic E-state index is 5.75. The molecule has 0 radical (unpaired) electrons. The number of aryl methyl sites for hydroxylation is 1. The molecule has 1 N–H and O–H groups in total. The minimum Gasteiger partial charge on any atom is -0.492 e. The van der Waals surface area contributed by atoms with Crippen LogP contribution in [-0.4, -0.2) is 31.9 Å². The molecule has 0 spiro atoms. The van der Waals surface area contributed by atoms with Gasteiger partial charge in [-0.3, -0.25) is 0 Å². The maximum absolute atomic E-state index is 5.75. The van der Waals surface area contributed by atoms with E-state index in [2.05, 4.69) is 31.3 Å². The summed E-state index contributed by atoms with van der Waals surface area (Å²) in [5, 5.41) is 3.56. The number of rotatable bonds is 6. The van der Waals surface area contributed by atoms with E-state index in [0.717, 1.165) is 18.6 Å². The molecule has 0 heterocycles. The minimum atomic E-state index is 0.370. The smallest absolute Gasteiger partial charge is 0.119 e. The van der Waals surface area contributed by atoms with Gasteiger partial charge in [0.15, 0.2) is 0 Å². The Hall–Kier alpha value is -1.06. The summed E-state index contributed by atoms with van der Waals surface area (Å²) < 4.78 is 11.0. The first kappa shape index (κ1) is 13.4. The zero-order valence-corrected chi connectivity index (χ0v) is 11.5. The Labute approximate surface area is 109 Å². The molecule has 0 bridgehead atoms. The molecule has 1 aliphatic rings. The van der Waals surface area contributed by atoms with Crippen molar-refractivity contribution in [1.82, 2.24) is 5.32 Å². The zero-order valence-electron chi connectivity index (χ0n) is 11.5. The van der Waals surface area contributed by atoms with Crippen LogP contribution in [0, 0.1) is 6.92 Å². The number of hydrogen-bond acceptors (Lipinski definition) is 3. The third-order valence-electron chi connectivity index (χ3n) is 3.47. The highest BCUT2D eigenvalue weighted by molar-refractivity contribution is 5.26. The van der Waals surface area contributed by atoms with Gasteiger partial charge in [-0.05, 0) is 38.8 Å². The van der Waals surface area contributed by atoms with E-state index in [-0.39, 0.29) is 0 Å². The summed E-state index contributed by atoms with van der Waals surface area (Å²) in [4.78, 5) is 0. The second kappa shape index (κ2) is 6.21. The van der Waals surface area contributed by atoms with Crippen LogP contribution in [0.3, 0.4) is 0 Å². The van der Waals surface area contributed by atoms with Gasteiger partial charge >= 0.3 is 0 Å². The van der Waals surface area contributed by atoms with Crippen LogP contribution in [0.4, 0.5) is 0 Å². The van der Waals surface area contributed by atoms with Crippen molar-refractivity contribution >= 4 is 0 Å². The van der Waals surface area contributed by atoms with Gasteiger partial charge < -0.3 is 14.8 Å². The normalized spacial score (nSPS) is 24.4. The fourth-order valence-corrected chi connectivity index (χ4v) is 2.20. The zero-order chi connectivity index (χ0) is 13.0. The number of nitrogens with one attached hydrogen (secondary N) is 1. The van der Waals surface area contributed by atoms with Gasteiger partial charge in [-0.15, -0.1) is 0 Å². The predicted molar refractivity (Wildman–Crippen MR) is 73.1 cm³/mol. The van der Waals surface area contributed by atoms with Gasteiger partial charge in [-0.25, -0.2) is 0 Å². The molecule has 0 amide bonds. The van der Waals surface area contributed by atoms with Crippen LogP contribution in [0.15, 0.2) is 24.3 Å². The molecule has 1 fully saturated rings. The number of hydrogen-bond donors (Lipinski definition) is 1. The Morgan fingerprint density at radius 1 is 1.28 bits per heavy atom. The molecule has 0 aliphatic heterocycles. The lowest BCUT2D eigenvalue weighted by molar-refractivity contribution is 0.0131. The van der Waals surface area contributed by atoms with Crippen molar-refractivity contribution in [2.75, 3.05) is 13.7 Å². The highest BCUT2D eigenvalue weighted by Gasteiger charge is 2.29. The van der Waals surface area contributed by atoms with Gasteiger partial charge in [0.05, 0.1) is 6.10 Å². The van der Waals surface area contributed by atoms with E-state index >= 15 is 0 Å². The molecule has 0 saturated heterocycles. The van der Waals surface area contributed by atoms with Crippen LogP contribution in [0.5, 0.6) is 5.75 Å². The number of ether oxygens (including phenoxy) is 2. The van der Waals surface area contributed by atoms with E-state index in [1.54, 1.807) is 7.11 Å². The highest BCUT2D eigenvalue weighted by atomic mass is 16.5. The third-order valence-corrected chi connectivity index (χ3v) is 3.47. The van der Waals surface area contributed by atoms with Crippen molar-refractivity contribution in [3.8, 4) is 5.75 Å². The van der Waals surface area contributed by atoms with Gasteiger partial charge in [-0.1, -0.05) is 17.7 Å². The summed E-state index contributed by atoms with van der Waals surface area (Å²) in [7, 11) is 1.78. The van der Waals surface area contributed by atoms with Crippen molar-refractivity contribution in [1.29, 1.82) is 0 Å². The molecule has 3 heteroatoms. The van der Waals surface area contributed by atoms with Crippen molar-refractivity contribution in [3.05, 3.63) is 29.8 Å². The van der Waals surface area contributed by atoms with Crippen LogP contribution in [-0.2, 0) is 4.74 Å². The van der Waals surface area contributed by atoms with E-state index in [1.165, 1.54) is 5.56 Å². The largest absolute Gasteiger partial charge is 0.492 e. The van der Waals surface area contributed by atoms with E-state index < -0.39 is 0 Å². The molecule has 1 aliphatic carbocycles. The first-order chi connectivity index (χ1) is 8.67. The molecular weight excluding hydrogens is 226 g/mol. The second-order valence-electron chi connectivity index (χ2n) is 5.22. The monoisotopic (exact) mass is 249 g/mol. The Kier molecular flexibility index (Phi) is 4.61. The standard InChI is InChI=1S/C15H23NO2/c1-11-4-6-14(7-5-11)18-10-12(2)16-13-8-15(9-13)17-3/h4-7,12-13,15-16H,8-10H2,1-3H3. The molecule has 1 saturated carbocycles. The van der Waals surface area contributed by atoms with E-state index in [4.69, 9.17) is 9.47 Å². The molecule has 1 aromatic rings. The van der Waals surface area contributed by atoms with Crippen LogP contribution in [0.1, 0.15) is 25.3 Å². The summed E-state index contributed by atoms with van der Waals surface area (Å²) in [5.41, 5.74) is 1.26. The van der Waals surface area contributed by atoms with E-state index in [9.17, 15) is 0 Å². The average Bonchev–Trinajstić information content (AvgIpc) is 2.32. The minimum absolute atomic E-state index is 0.370. The molecule has 1 atom stereocenters. The van der Waals surface area contributed by atoms with Gasteiger partial charge in [0.1, 0.15) is 12.4 Å². The molecule has 18 heavy (non-hydrogen) atoms. The lowest BCUT2D eigenvalue weighted by atomic mass is 9.89. The Bertz CT molecular complexity index is 357. The quantitative estimate of drug-likeness (QED) is 0.840. The Morgan fingerprint density at radius 3 is 2.56 bits per heavy atom. The second-order valence-corrected chi connectivity index (χ2v) is 5.22. The van der Waals surface area contributed by atoms with Gasteiger partial charge in [0.2, 0.25) is 0 Å². The van der Waals surface area contributed by atoms with E-state index in [0.29, 0.717) is 24.8 Å². The Morgan fingerprint density at radius 2 is 1.94 bits per heavy atom. The van der Waals surface area contributed by atoms with Gasteiger partial charge in [0.25, 0.3) is 0 Å². The van der Waals surface area contributed by atoms with Crippen molar-refractivity contribution in [2.24, 2.45) is 0 Å². The van der Waals surface area contributed by atoms with Crippen molar-refractivity contribution in [3.63, 3.8) is 0 Å². The molecule has 100 valence electrons. The van der Waals surface area contributed by atoms with Crippen LogP contribution >= 0.6 is 0 Å². The summed E-state index contributed by atoms with van der Waals surface area (Å²) >= 11 is 0. The fourth-order valence-electron chi connectivity index (χ4n) is 2.20. The van der Waals surface area contributed by atoms with Crippen LogP contribution in [0.2, 0.25) is 0 Å². The summed E-state index contributed by atoms with van der Waals surface area (Å²) in [5.74, 6) is 0.942. The number of methoxy groups -OCH3 is 1. The van der Waals surface area contributed by atoms with Gasteiger partial charge in [-0.2, -0.15) is 0 Å². The van der Waals surface area contributed by atoms with Crippen LogP contribution in [0.25, 0.3) is 0 Å². The van der Waals surface area contributed by atoms with Gasteiger partial charge in [0, 0.05) is 19.2 Å². The molecule has 2 rings (SSSR count). The fraction of sp³-hybridized carbons (Fsp3) is 0.600. The lowest BCUT2D eigenvalue weighted by Gasteiger charge is -2.36. The SMILES string of the molecule is COC1CC(NC(C)COc2ccc(C)cc2)C1. The number of benzene rings is 1. The van der Waals surface area contributed by atoms with E-state index in [1.807, 2.05) is 12.1 Å². The summed E-state index contributed by atoms with van der Waals surface area (Å²) in [6.45, 7) is 4.95. The molecule has 0 aromatic heterocycles. The first-order valence-corrected chi connectivity index (χ1v) is 6.65. The molecule has 1 unspecified atom stereocenters. The van der Waals surface area contributed by atoms with Crippen molar-refractivity contribution in [2.45, 2.75) is 44.9 Å². The topological polar surface area (TPSA) is 30.5 Å². The van der Waals surface area contributed by atoms with Crippen molar-refractivity contribution < 1.29 is 9.47 Å². The summed E-state index contributed by atoms with van der Waals surface area (Å²) in [6.07, 6.45) is 2.68. The molecule has 1 aromatic carbocycles. The van der Waals surface area contributed by atoms with Crippen LogP contribution < -0.4 is 10.1 Å². The highest BCUT2D eigenvalue weighted by Crippen LogP contribution is 2.23.